The summed E-state index contributed by atoms with van der Waals surface area (Å²) in [4.78, 5) is 18.7. The Morgan fingerprint density at radius 2 is 2.45 bits per heavy atom. The van der Waals surface area contributed by atoms with Gasteiger partial charge in [0.25, 0.3) is 5.91 Å². The fourth-order valence-electron chi connectivity index (χ4n) is 2.57. The number of nitrogens with one attached hydrogen (secondary N) is 1. The van der Waals surface area contributed by atoms with E-state index < -0.39 is 0 Å². The number of hydrogen-bond donors (Lipinski definition) is 2. The molecule has 110 valence electrons. The predicted molar refractivity (Wildman–Crippen MR) is 78.7 cm³/mol. The number of anilines is 1. The minimum atomic E-state index is 0.0390. The van der Waals surface area contributed by atoms with Crippen LogP contribution in [0, 0.1) is 5.92 Å². The van der Waals surface area contributed by atoms with Crippen LogP contribution in [-0.4, -0.2) is 47.1 Å². The molecule has 20 heavy (non-hydrogen) atoms. The highest BCUT2D eigenvalue weighted by atomic mass is 16.3. The highest BCUT2D eigenvalue weighted by Crippen LogP contribution is 2.23. The third-order valence-corrected chi connectivity index (χ3v) is 3.69. The van der Waals surface area contributed by atoms with Crippen LogP contribution in [0.4, 0.5) is 5.82 Å². The molecule has 1 atom stereocenters. The molecular weight excluding hydrogens is 254 g/mol. The number of pyridine rings is 1. The number of rotatable bonds is 6. The molecule has 2 rings (SSSR count). The van der Waals surface area contributed by atoms with Crippen LogP contribution < -0.4 is 5.32 Å². The predicted octanol–water partition coefficient (Wildman–Crippen LogP) is 1.75. The lowest BCUT2D eigenvalue weighted by molar-refractivity contribution is 0.0785. The lowest BCUT2D eigenvalue weighted by Gasteiger charge is -2.18. The van der Waals surface area contributed by atoms with Gasteiger partial charge in [0, 0.05) is 32.4 Å². The van der Waals surface area contributed by atoms with Crippen LogP contribution in [0.1, 0.15) is 36.5 Å². The van der Waals surface area contributed by atoms with E-state index >= 15 is 0 Å². The van der Waals surface area contributed by atoms with Gasteiger partial charge in [-0.3, -0.25) is 4.79 Å². The molecule has 1 amide bonds. The maximum atomic E-state index is 12.6. The monoisotopic (exact) mass is 277 g/mol. The number of amides is 1. The first-order valence-electron chi connectivity index (χ1n) is 7.35. The third-order valence-electron chi connectivity index (χ3n) is 3.69. The average molecular weight is 277 g/mol. The molecule has 5 heteroatoms. The number of hydrogen-bond acceptors (Lipinski definition) is 4. The van der Waals surface area contributed by atoms with Crippen molar-refractivity contribution >= 4 is 11.7 Å². The van der Waals surface area contributed by atoms with E-state index in [4.69, 9.17) is 5.11 Å². The summed E-state index contributed by atoms with van der Waals surface area (Å²) in [6, 6.07) is 3.62. The van der Waals surface area contributed by atoms with Crippen LogP contribution in [0.15, 0.2) is 18.3 Å². The van der Waals surface area contributed by atoms with E-state index in [-0.39, 0.29) is 12.5 Å². The molecule has 1 aliphatic heterocycles. The molecule has 0 bridgehead atoms. The molecule has 1 unspecified atom stereocenters. The summed E-state index contributed by atoms with van der Waals surface area (Å²) in [6.07, 6.45) is 4.45. The lowest BCUT2D eigenvalue weighted by Crippen LogP contribution is -2.29. The molecule has 1 saturated heterocycles. The highest BCUT2D eigenvalue weighted by Gasteiger charge is 2.27. The Labute approximate surface area is 120 Å². The summed E-state index contributed by atoms with van der Waals surface area (Å²) in [5, 5.41) is 12.2. The van der Waals surface area contributed by atoms with Gasteiger partial charge in [-0.1, -0.05) is 6.92 Å². The van der Waals surface area contributed by atoms with E-state index in [0.717, 1.165) is 38.9 Å². The molecule has 2 N–H and O–H groups in total. The third kappa shape index (κ3) is 3.48. The normalized spacial score (nSPS) is 18.3. The Morgan fingerprint density at radius 1 is 1.60 bits per heavy atom. The summed E-state index contributed by atoms with van der Waals surface area (Å²) in [7, 11) is 0. The molecule has 2 heterocycles. The van der Waals surface area contributed by atoms with Crippen LogP contribution in [0.3, 0.4) is 0 Å². The first kappa shape index (κ1) is 14.8. The molecule has 5 nitrogen and oxygen atoms in total. The van der Waals surface area contributed by atoms with Gasteiger partial charge >= 0.3 is 0 Å². The minimum absolute atomic E-state index is 0.0390. The van der Waals surface area contributed by atoms with Crippen molar-refractivity contribution in [2.45, 2.75) is 26.2 Å². The summed E-state index contributed by atoms with van der Waals surface area (Å²) in [6.45, 7) is 4.60. The number of aromatic nitrogens is 1. The maximum Gasteiger partial charge on any atom is 0.257 e. The van der Waals surface area contributed by atoms with E-state index in [2.05, 4.69) is 17.2 Å². The van der Waals surface area contributed by atoms with Gasteiger partial charge in [0.1, 0.15) is 5.82 Å². The Balaban J connectivity index is 2.05. The first-order chi connectivity index (χ1) is 9.76. The molecule has 0 spiro atoms. The summed E-state index contributed by atoms with van der Waals surface area (Å²) in [5.41, 5.74) is 0.644. The second-order valence-corrected chi connectivity index (χ2v) is 5.24. The number of aliphatic hydroxyl groups is 1. The molecule has 0 radical (unpaired) electrons. The fourth-order valence-corrected chi connectivity index (χ4v) is 2.57. The Kier molecular flexibility index (Phi) is 5.35. The van der Waals surface area contributed by atoms with Crippen LogP contribution in [0.2, 0.25) is 0 Å². The lowest BCUT2D eigenvalue weighted by atomic mass is 10.1. The van der Waals surface area contributed by atoms with E-state index in [9.17, 15) is 4.79 Å². The molecule has 1 fully saturated rings. The van der Waals surface area contributed by atoms with Gasteiger partial charge in [-0.25, -0.2) is 4.98 Å². The molecule has 1 aromatic heterocycles. The Morgan fingerprint density at radius 3 is 3.20 bits per heavy atom. The summed E-state index contributed by atoms with van der Waals surface area (Å²) < 4.78 is 0. The molecular formula is C15H23N3O2. The average Bonchev–Trinajstić information content (AvgIpc) is 2.94. The van der Waals surface area contributed by atoms with Gasteiger partial charge in [-0.05, 0) is 37.3 Å². The van der Waals surface area contributed by atoms with Crippen molar-refractivity contribution in [3.63, 3.8) is 0 Å². The fraction of sp³-hybridized carbons (Fsp3) is 0.600. The maximum absolute atomic E-state index is 12.6. The standard InChI is InChI=1S/C15H23N3O2/c1-2-7-16-14-13(4-3-8-17-14)15(20)18-9-5-12(11-18)6-10-19/h3-4,8,12,19H,2,5-7,9-11H2,1H3,(H,16,17). The van der Waals surface area contributed by atoms with Crippen LogP contribution in [0.5, 0.6) is 0 Å². The summed E-state index contributed by atoms with van der Waals surface area (Å²) >= 11 is 0. The van der Waals surface area contributed by atoms with E-state index in [1.807, 2.05) is 11.0 Å². The van der Waals surface area contributed by atoms with Gasteiger partial charge in [0.05, 0.1) is 5.56 Å². The second kappa shape index (κ2) is 7.24. The molecule has 0 aliphatic carbocycles. The molecule has 0 aromatic carbocycles. The quantitative estimate of drug-likeness (QED) is 0.831. The van der Waals surface area contributed by atoms with Crippen molar-refractivity contribution in [3.8, 4) is 0 Å². The number of likely N-dealkylation sites (tertiary alicyclic amines) is 1. The SMILES string of the molecule is CCCNc1ncccc1C(=O)N1CCC(CCO)C1. The van der Waals surface area contributed by atoms with Crippen LogP contribution in [0.25, 0.3) is 0 Å². The molecule has 0 saturated carbocycles. The number of carbonyl (C=O) groups is 1. The molecule has 1 aromatic rings. The van der Waals surface area contributed by atoms with E-state index in [1.165, 1.54) is 0 Å². The van der Waals surface area contributed by atoms with E-state index in [1.54, 1.807) is 12.3 Å². The van der Waals surface area contributed by atoms with Gasteiger partial charge in [0.2, 0.25) is 0 Å². The Bertz CT molecular complexity index is 450. The topological polar surface area (TPSA) is 65.5 Å². The first-order valence-corrected chi connectivity index (χ1v) is 7.35. The zero-order valence-corrected chi connectivity index (χ0v) is 12.0. The van der Waals surface area contributed by atoms with Crippen molar-refractivity contribution in [1.82, 2.24) is 9.88 Å². The van der Waals surface area contributed by atoms with Gasteiger partial charge < -0.3 is 15.3 Å². The smallest absolute Gasteiger partial charge is 0.257 e. The van der Waals surface area contributed by atoms with Gasteiger partial charge in [-0.2, -0.15) is 0 Å². The molecule has 1 aliphatic rings. The van der Waals surface area contributed by atoms with Gasteiger partial charge in [0.15, 0.2) is 0 Å². The zero-order valence-electron chi connectivity index (χ0n) is 12.0. The van der Waals surface area contributed by atoms with Crippen molar-refractivity contribution in [3.05, 3.63) is 23.9 Å². The van der Waals surface area contributed by atoms with Crippen LogP contribution in [-0.2, 0) is 0 Å². The van der Waals surface area contributed by atoms with Crippen molar-refractivity contribution in [1.29, 1.82) is 0 Å². The number of aliphatic hydroxyl groups excluding tert-OH is 1. The van der Waals surface area contributed by atoms with Crippen molar-refractivity contribution in [2.24, 2.45) is 5.92 Å². The number of nitrogens with zero attached hydrogens (tertiary/aromatic N) is 2. The number of carbonyl (C=O) groups excluding carboxylic acids is 1. The highest BCUT2D eigenvalue weighted by molar-refractivity contribution is 5.98. The largest absolute Gasteiger partial charge is 0.396 e. The van der Waals surface area contributed by atoms with E-state index in [0.29, 0.717) is 17.3 Å². The summed E-state index contributed by atoms with van der Waals surface area (Å²) in [5.74, 6) is 1.13. The zero-order chi connectivity index (χ0) is 14.4. The Hall–Kier alpha value is -1.62. The van der Waals surface area contributed by atoms with Gasteiger partial charge in [-0.15, -0.1) is 0 Å². The second-order valence-electron chi connectivity index (χ2n) is 5.24. The minimum Gasteiger partial charge on any atom is -0.396 e. The van der Waals surface area contributed by atoms with Crippen molar-refractivity contribution < 1.29 is 9.90 Å². The van der Waals surface area contributed by atoms with Crippen LogP contribution >= 0.6 is 0 Å². The van der Waals surface area contributed by atoms with Crippen molar-refractivity contribution in [2.75, 3.05) is 31.6 Å².